The lowest BCUT2D eigenvalue weighted by molar-refractivity contribution is 0.00575. The number of hydrogen-bond acceptors (Lipinski definition) is 6. The van der Waals surface area contributed by atoms with E-state index in [9.17, 15) is 0 Å². The van der Waals surface area contributed by atoms with Gasteiger partial charge in [0, 0.05) is 28.4 Å². The maximum absolute atomic E-state index is 15.5. The van der Waals surface area contributed by atoms with E-state index >= 15 is 4.39 Å². The Labute approximate surface area is 169 Å². The normalized spacial score (nSPS) is 21.4. The Balaban J connectivity index is 1.80. The Kier molecular flexibility index (Phi) is 4.49. The van der Waals surface area contributed by atoms with Crippen LogP contribution in [0, 0.1) is 0 Å². The summed E-state index contributed by atoms with van der Waals surface area (Å²) in [6, 6.07) is 5.62. The quantitative estimate of drug-likeness (QED) is 0.475. The molecule has 4 aromatic rings. The molecule has 1 aliphatic heterocycles. The van der Waals surface area contributed by atoms with Crippen LogP contribution in [0.4, 0.5) is 4.39 Å². The van der Waals surface area contributed by atoms with Crippen molar-refractivity contribution in [2.24, 2.45) is 0 Å². The van der Waals surface area contributed by atoms with Gasteiger partial charge in [-0.05, 0) is 49.5 Å². The van der Waals surface area contributed by atoms with E-state index in [0.717, 1.165) is 40.8 Å². The van der Waals surface area contributed by atoms with E-state index < -0.39 is 6.17 Å². The number of imidazole rings is 1. The molecule has 0 N–H and O–H groups in total. The zero-order valence-corrected chi connectivity index (χ0v) is 16.6. The minimum atomic E-state index is -1.46. The van der Waals surface area contributed by atoms with Crippen molar-refractivity contribution in [2.45, 2.75) is 38.1 Å². The van der Waals surface area contributed by atoms with Crippen LogP contribution in [0.15, 0.2) is 29.8 Å². The minimum Gasteiger partial charge on any atom is -0.378 e. The fraction of sp³-hybridized carbons (Fsp3) is 0.368. The SMILES string of the molecule is C[C@@H]1CC(n2c(C(F)c3csnn3)nc3cnc4ccc(Cl)cc4c32)CCO1. The molecule has 0 aliphatic carbocycles. The Morgan fingerprint density at radius 2 is 2.25 bits per heavy atom. The number of rotatable bonds is 3. The molecule has 9 heteroatoms. The number of nitrogens with zero attached hydrogens (tertiary/aromatic N) is 5. The van der Waals surface area contributed by atoms with Crippen LogP contribution in [-0.4, -0.2) is 36.8 Å². The maximum Gasteiger partial charge on any atom is 0.202 e. The van der Waals surface area contributed by atoms with Gasteiger partial charge in [0.25, 0.3) is 0 Å². The van der Waals surface area contributed by atoms with Crippen LogP contribution in [0.5, 0.6) is 0 Å². The fourth-order valence-corrected chi connectivity index (χ4v) is 4.57. The van der Waals surface area contributed by atoms with Gasteiger partial charge in [0.05, 0.1) is 23.3 Å². The smallest absolute Gasteiger partial charge is 0.202 e. The third-order valence-electron chi connectivity index (χ3n) is 5.19. The third-order valence-corrected chi connectivity index (χ3v) is 5.95. The van der Waals surface area contributed by atoms with Crippen molar-refractivity contribution in [1.82, 2.24) is 24.1 Å². The number of alkyl halides is 1. The molecule has 1 aliphatic rings. The molecule has 0 amide bonds. The zero-order chi connectivity index (χ0) is 19.3. The highest BCUT2D eigenvalue weighted by atomic mass is 35.5. The van der Waals surface area contributed by atoms with Crippen molar-refractivity contribution in [3.63, 3.8) is 0 Å². The number of pyridine rings is 1. The van der Waals surface area contributed by atoms with Crippen molar-refractivity contribution < 1.29 is 9.13 Å². The van der Waals surface area contributed by atoms with Gasteiger partial charge in [0.15, 0.2) is 5.82 Å². The van der Waals surface area contributed by atoms with Crippen LogP contribution in [0.3, 0.4) is 0 Å². The van der Waals surface area contributed by atoms with E-state index in [4.69, 9.17) is 16.3 Å². The molecular formula is C19H17ClFN5OS. The molecule has 5 rings (SSSR count). The highest BCUT2D eigenvalue weighted by Crippen LogP contribution is 2.38. The molecule has 3 aromatic heterocycles. The third kappa shape index (κ3) is 2.96. The van der Waals surface area contributed by atoms with Gasteiger partial charge >= 0.3 is 0 Å². The minimum absolute atomic E-state index is 0.0678. The average molecular weight is 418 g/mol. The Bertz CT molecular complexity index is 1150. The van der Waals surface area contributed by atoms with Gasteiger partial charge in [-0.1, -0.05) is 16.1 Å². The summed E-state index contributed by atoms with van der Waals surface area (Å²) in [6.07, 6.45) is 1.90. The molecule has 6 nitrogen and oxygen atoms in total. The average Bonchev–Trinajstić information content (AvgIpc) is 3.35. The van der Waals surface area contributed by atoms with E-state index in [-0.39, 0.29) is 17.8 Å². The number of halogens is 2. The summed E-state index contributed by atoms with van der Waals surface area (Å²) in [5, 5.41) is 7.01. The second-order valence-corrected chi connectivity index (χ2v) is 8.09. The van der Waals surface area contributed by atoms with Gasteiger partial charge < -0.3 is 9.30 Å². The summed E-state index contributed by atoms with van der Waals surface area (Å²) in [5.41, 5.74) is 2.58. The van der Waals surface area contributed by atoms with Crippen molar-refractivity contribution >= 4 is 45.1 Å². The molecule has 0 spiro atoms. The molecule has 0 radical (unpaired) electrons. The van der Waals surface area contributed by atoms with Gasteiger partial charge in [-0.3, -0.25) is 4.98 Å². The van der Waals surface area contributed by atoms with Crippen LogP contribution in [0.2, 0.25) is 5.02 Å². The van der Waals surface area contributed by atoms with Crippen LogP contribution >= 0.6 is 23.1 Å². The Morgan fingerprint density at radius 1 is 1.36 bits per heavy atom. The number of hydrogen-bond donors (Lipinski definition) is 0. The van der Waals surface area contributed by atoms with Crippen LogP contribution in [0.1, 0.15) is 43.5 Å². The molecule has 28 heavy (non-hydrogen) atoms. The monoisotopic (exact) mass is 417 g/mol. The van der Waals surface area contributed by atoms with Crippen LogP contribution in [-0.2, 0) is 4.74 Å². The maximum atomic E-state index is 15.5. The van der Waals surface area contributed by atoms with Crippen LogP contribution < -0.4 is 0 Å². The van der Waals surface area contributed by atoms with Crippen molar-refractivity contribution in [3.05, 3.63) is 46.3 Å². The van der Waals surface area contributed by atoms with Crippen molar-refractivity contribution in [3.8, 4) is 0 Å². The zero-order valence-electron chi connectivity index (χ0n) is 15.0. The summed E-state index contributed by atoms with van der Waals surface area (Å²) in [5.74, 6) is 0.330. The number of aromatic nitrogens is 5. The van der Waals surface area contributed by atoms with Crippen LogP contribution in [0.25, 0.3) is 21.9 Å². The Hall–Kier alpha value is -2.16. The molecule has 0 saturated carbocycles. The van der Waals surface area contributed by atoms with Gasteiger partial charge in [-0.25, -0.2) is 9.37 Å². The van der Waals surface area contributed by atoms with E-state index in [1.165, 1.54) is 0 Å². The van der Waals surface area contributed by atoms with E-state index in [2.05, 4.69) is 19.6 Å². The summed E-state index contributed by atoms with van der Waals surface area (Å²) >= 11 is 7.39. The second kappa shape index (κ2) is 7.02. The highest BCUT2D eigenvalue weighted by Gasteiger charge is 2.31. The summed E-state index contributed by atoms with van der Waals surface area (Å²) in [6.45, 7) is 2.67. The Morgan fingerprint density at radius 3 is 3.04 bits per heavy atom. The summed E-state index contributed by atoms with van der Waals surface area (Å²) in [7, 11) is 0. The molecular weight excluding hydrogens is 401 g/mol. The van der Waals surface area contributed by atoms with E-state index in [0.29, 0.717) is 23.0 Å². The first-order chi connectivity index (χ1) is 13.6. The van der Waals surface area contributed by atoms with Crippen molar-refractivity contribution in [2.75, 3.05) is 6.61 Å². The highest BCUT2D eigenvalue weighted by molar-refractivity contribution is 7.03. The van der Waals surface area contributed by atoms with Gasteiger partial charge in [-0.15, -0.1) is 5.10 Å². The lowest BCUT2D eigenvalue weighted by atomic mass is 10.0. The largest absolute Gasteiger partial charge is 0.378 e. The standard InChI is InChI=1S/C19H17ClFN5OS/c1-10-6-12(4-5-27-10)26-18-13-7-11(20)2-3-14(13)22-8-15(18)23-19(26)17(21)16-9-28-25-24-16/h2-3,7-10,12,17H,4-6H2,1H3/t10-,12?,17?/m1/s1. The van der Waals surface area contributed by atoms with E-state index in [1.54, 1.807) is 17.6 Å². The molecule has 4 heterocycles. The van der Waals surface area contributed by atoms with Crippen molar-refractivity contribution in [1.29, 1.82) is 0 Å². The first kappa shape index (κ1) is 17.9. The first-order valence-electron chi connectivity index (χ1n) is 9.10. The lowest BCUT2D eigenvalue weighted by Crippen LogP contribution is -2.27. The number of fused-ring (bicyclic) bond motifs is 3. The van der Waals surface area contributed by atoms with Gasteiger partial charge in [-0.2, -0.15) is 0 Å². The second-order valence-electron chi connectivity index (χ2n) is 7.05. The topological polar surface area (TPSA) is 65.7 Å². The molecule has 0 bridgehead atoms. The first-order valence-corrected chi connectivity index (χ1v) is 10.3. The number of ether oxygens (including phenoxy) is 1. The fourth-order valence-electron chi connectivity index (χ4n) is 3.94. The molecule has 1 fully saturated rings. The van der Waals surface area contributed by atoms with E-state index in [1.807, 2.05) is 23.6 Å². The summed E-state index contributed by atoms with van der Waals surface area (Å²) in [4.78, 5) is 9.11. The molecule has 3 atom stereocenters. The predicted octanol–water partition coefficient (Wildman–Crippen LogP) is 4.89. The predicted molar refractivity (Wildman–Crippen MR) is 107 cm³/mol. The molecule has 1 aromatic carbocycles. The number of benzene rings is 1. The van der Waals surface area contributed by atoms with Gasteiger partial charge in [0.1, 0.15) is 11.2 Å². The lowest BCUT2D eigenvalue weighted by Gasteiger charge is -2.30. The molecule has 2 unspecified atom stereocenters. The molecule has 144 valence electrons. The van der Waals surface area contributed by atoms with Gasteiger partial charge in [0.2, 0.25) is 6.17 Å². The molecule has 1 saturated heterocycles. The summed E-state index contributed by atoms with van der Waals surface area (Å²) < 4.78 is 27.0.